The van der Waals surface area contributed by atoms with E-state index in [1.807, 2.05) is 19.9 Å². The summed E-state index contributed by atoms with van der Waals surface area (Å²) in [5.41, 5.74) is 1.49. The smallest absolute Gasteiger partial charge is 0.363 e. The Morgan fingerprint density at radius 1 is 1.30 bits per heavy atom. The van der Waals surface area contributed by atoms with Gasteiger partial charge in [-0.1, -0.05) is 29.8 Å². The fourth-order valence-corrected chi connectivity index (χ4v) is 2.31. The summed E-state index contributed by atoms with van der Waals surface area (Å²) in [6.07, 6.45) is -4.20. The van der Waals surface area contributed by atoms with Crippen LogP contribution in [0.25, 0.3) is 0 Å². The molecule has 0 unspecified atom stereocenters. The molecule has 0 bridgehead atoms. The van der Waals surface area contributed by atoms with Crippen LogP contribution in [0.2, 0.25) is 0 Å². The van der Waals surface area contributed by atoms with Crippen molar-refractivity contribution in [1.82, 2.24) is 5.32 Å². The summed E-state index contributed by atoms with van der Waals surface area (Å²) in [6.45, 7) is 5.67. The molecule has 1 aromatic carbocycles. The van der Waals surface area contributed by atoms with Crippen molar-refractivity contribution in [3.8, 4) is 0 Å². The normalized spacial score (nSPS) is 12.0. The molecule has 1 N–H and O–H groups in total. The summed E-state index contributed by atoms with van der Waals surface area (Å²) in [5.74, 6) is 0. The third kappa shape index (κ3) is 5.71. The Kier molecular flexibility index (Phi) is 6.33. The predicted octanol–water partition coefficient (Wildman–Crippen LogP) is 4.34. The number of alkyl halides is 3. The molecule has 20 heavy (non-hydrogen) atoms. The molecule has 1 aromatic rings. The van der Waals surface area contributed by atoms with Gasteiger partial charge in [-0.05, 0) is 30.7 Å². The molecule has 0 aliphatic rings. The molecule has 114 valence electrons. The fraction of sp³-hybridized carbons (Fsp3) is 0.571. The van der Waals surface area contributed by atoms with Crippen LogP contribution in [-0.4, -0.2) is 25.3 Å². The summed E-state index contributed by atoms with van der Waals surface area (Å²) in [6, 6.07) is 5.65. The zero-order valence-corrected chi connectivity index (χ0v) is 13.5. The van der Waals surface area contributed by atoms with E-state index in [9.17, 15) is 13.2 Å². The van der Waals surface area contributed by atoms with Gasteiger partial charge in [0.05, 0.1) is 0 Å². The van der Waals surface area contributed by atoms with E-state index in [0.29, 0.717) is 18.8 Å². The monoisotopic (exact) mass is 352 g/mol. The molecule has 0 radical (unpaired) electrons. The van der Waals surface area contributed by atoms with E-state index >= 15 is 0 Å². The molecule has 0 atom stereocenters. The van der Waals surface area contributed by atoms with Crippen molar-refractivity contribution in [2.45, 2.75) is 39.5 Å². The van der Waals surface area contributed by atoms with Gasteiger partial charge in [0.1, 0.15) is 6.54 Å². The summed E-state index contributed by atoms with van der Waals surface area (Å²) in [4.78, 5) is 1.35. The number of halogens is 4. The lowest BCUT2D eigenvalue weighted by Crippen LogP contribution is -2.35. The molecule has 1 rings (SSSR count). The molecule has 2 nitrogen and oxygen atoms in total. The van der Waals surface area contributed by atoms with Crippen molar-refractivity contribution in [3.05, 3.63) is 28.2 Å². The van der Waals surface area contributed by atoms with Gasteiger partial charge in [0.25, 0.3) is 0 Å². The lowest BCUT2D eigenvalue weighted by Gasteiger charge is -2.27. The van der Waals surface area contributed by atoms with Crippen molar-refractivity contribution in [2.75, 3.05) is 18.0 Å². The second-order valence-corrected chi connectivity index (χ2v) is 5.85. The van der Waals surface area contributed by atoms with Gasteiger partial charge in [0.2, 0.25) is 0 Å². The highest BCUT2D eigenvalue weighted by Gasteiger charge is 2.31. The van der Waals surface area contributed by atoms with Crippen LogP contribution in [0.4, 0.5) is 18.9 Å². The van der Waals surface area contributed by atoms with Gasteiger partial charge in [0, 0.05) is 29.3 Å². The molecule has 0 saturated heterocycles. The molecule has 0 amide bonds. The molecular weight excluding hydrogens is 333 g/mol. The van der Waals surface area contributed by atoms with Gasteiger partial charge < -0.3 is 10.2 Å². The Morgan fingerprint density at radius 3 is 2.45 bits per heavy atom. The summed E-state index contributed by atoms with van der Waals surface area (Å²) in [5, 5.41) is 3.24. The molecule has 0 saturated carbocycles. The number of nitrogens with zero attached hydrogens (tertiary/aromatic N) is 1. The van der Waals surface area contributed by atoms with E-state index in [1.165, 1.54) is 4.90 Å². The van der Waals surface area contributed by atoms with E-state index < -0.39 is 12.7 Å². The maximum atomic E-state index is 12.6. The van der Waals surface area contributed by atoms with Gasteiger partial charge in [-0.2, -0.15) is 13.2 Å². The quantitative estimate of drug-likeness (QED) is 0.819. The first-order chi connectivity index (χ1) is 9.23. The van der Waals surface area contributed by atoms with E-state index in [1.54, 1.807) is 19.1 Å². The number of benzene rings is 1. The highest BCUT2D eigenvalue weighted by Crippen LogP contribution is 2.27. The maximum absolute atomic E-state index is 12.6. The second kappa shape index (κ2) is 7.31. The van der Waals surface area contributed by atoms with Crippen LogP contribution >= 0.6 is 15.9 Å². The van der Waals surface area contributed by atoms with E-state index in [0.717, 1.165) is 10.0 Å². The first-order valence-electron chi connectivity index (χ1n) is 6.56. The van der Waals surface area contributed by atoms with Gasteiger partial charge in [0.15, 0.2) is 0 Å². The largest absolute Gasteiger partial charge is 0.405 e. The summed E-state index contributed by atoms with van der Waals surface area (Å²) >= 11 is 3.37. The van der Waals surface area contributed by atoms with Gasteiger partial charge in [-0.15, -0.1) is 0 Å². The Morgan fingerprint density at radius 2 is 1.95 bits per heavy atom. The van der Waals surface area contributed by atoms with Crippen LogP contribution in [-0.2, 0) is 6.54 Å². The van der Waals surface area contributed by atoms with Gasteiger partial charge in [-0.3, -0.25) is 0 Å². The second-order valence-electron chi connectivity index (χ2n) is 4.94. The highest BCUT2D eigenvalue weighted by atomic mass is 79.9. The maximum Gasteiger partial charge on any atom is 0.405 e. The topological polar surface area (TPSA) is 15.3 Å². The molecule has 6 heteroatoms. The molecule has 0 spiro atoms. The first-order valence-corrected chi connectivity index (χ1v) is 7.35. The lowest BCUT2D eigenvalue weighted by molar-refractivity contribution is -0.119. The van der Waals surface area contributed by atoms with Crippen LogP contribution in [0.1, 0.15) is 26.3 Å². The zero-order valence-electron chi connectivity index (χ0n) is 11.9. The number of nitrogens with one attached hydrogen (secondary N) is 1. The standard InChI is InChI=1S/C14H20BrF3N2/c1-4-20(9-14(16,17)18)13-6-5-12(15)7-11(13)8-19-10(2)3/h5-7,10,19H,4,8-9H2,1-3H3. The van der Waals surface area contributed by atoms with Gasteiger partial charge >= 0.3 is 6.18 Å². The molecular formula is C14H20BrF3N2. The van der Waals surface area contributed by atoms with Crippen molar-refractivity contribution in [3.63, 3.8) is 0 Å². The molecule has 0 aliphatic heterocycles. The zero-order chi connectivity index (χ0) is 15.3. The summed E-state index contributed by atoms with van der Waals surface area (Å²) < 4.78 is 38.8. The first kappa shape index (κ1) is 17.3. The minimum Gasteiger partial charge on any atom is -0.363 e. The third-order valence-electron chi connectivity index (χ3n) is 2.83. The van der Waals surface area contributed by atoms with Gasteiger partial charge in [-0.25, -0.2) is 0 Å². The number of rotatable bonds is 6. The predicted molar refractivity (Wildman–Crippen MR) is 80.1 cm³/mol. The van der Waals surface area contributed by atoms with Crippen LogP contribution in [0.5, 0.6) is 0 Å². The molecule has 0 aliphatic carbocycles. The van der Waals surface area contributed by atoms with Crippen molar-refractivity contribution < 1.29 is 13.2 Å². The Hall–Kier alpha value is -0.750. The van der Waals surface area contributed by atoms with Crippen molar-refractivity contribution in [1.29, 1.82) is 0 Å². The number of anilines is 1. The van der Waals surface area contributed by atoms with Crippen LogP contribution < -0.4 is 10.2 Å². The van der Waals surface area contributed by atoms with Crippen molar-refractivity contribution >= 4 is 21.6 Å². The Labute approximate surface area is 126 Å². The average molecular weight is 353 g/mol. The van der Waals surface area contributed by atoms with Crippen LogP contribution in [0.15, 0.2) is 22.7 Å². The van der Waals surface area contributed by atoms with Crippen LogP contribution in [0.3, 0.4) is 0 Å². The Balaban J connectivity index is 3.01. The fourth-order valence-electron chi connectivity index (χ4n) is 1.90. The van der Waals surface area contributed by atoms with Crippen LogP contribution in [0, 0.1) is 0 Å². The summed E-state index contributed by atoms with van der Waals surface area (Å²) in [7, 11) is 0. The minimum absolute atomic E-state index is 0.277. The van der Waals surface area contributed by atoms with E-state index in [2.05, 4.69) is 21.2 Å². The highest BCUT2D eigenvalue weighted by molar-refractivity contribution is 9.10. The molecule has 0 fully saturated rings. The SMILES string of the molecule is CCN(CC(F)(F)F)c1ccc(Br)cc1CNC(C)C. The third-order valence-corrected chi connectivity index (χ3v) is 3.33. The molecule has 0 heterocycles. The number of hydrogen-bond donors (Lipinski definition) is 1. The van der Waals surface area contributed by atoms with Crippen molar-refractivity contribution in [2.24, 2.45) is 0 Å². The average Bonchev–Trinajstić information content (AvgIpc) is 2.32. The van der Waals surface area contributed by atoms with E-state index in [-0.39, 0.29) is 6.04 Å². The Bertz CT molecular complexity index is 433. The number of hydrogen-bond acceptors (Lipinski definition) is 2. The van der Waals surface area contributed by atoms with E-state index in [4.69, 9.17) is 0 Å². The molecule has 0 aromatic heterocycles. The lowest BCUT2D eigenvalue weighted by atomic mass is 10.1. The minimum atomic E-state index is -4.20.